The molecule has 1 saturated carbocycles. The molecule has 4 rings (SSSR count). The zero-order valence-corrected chi connectivity index (χ0v) is 22.3. The number of halogens is 3. The molecule has 2 heterocycles. The van der Waals surface area contributed by atoms with Gasteiger partial charge in [0.1, 0.15) is 18.1 Å². The quantitative estimate of drug-likeness (QED) is 0.514. The number of fused-ring (bicyclic) bond motifs is 2. The lowest BCUT2D eigenvalue weighted by molar-refractivity contribution is -0.150. The Balaban J connectivity index is 1.59. The minimum absolute atomic E-state index is 0.0309. The van der Waals surface area contributed by atoms with Gasteiger partial charge in [-0.2, -0.15) is 14.0 Å². The Labute approximate surface area is 221 Å². The molecule has 12 heteroatoms. The maximum absolute atomic E-state index is 13.9. The van der Waals surface area contributed by atoms with Crippen LogP contribution < -0.4 is 10.6 Å². The van der Waals surface area contributed by atoms with Crippen molar-refractivity contribution in [3.8, 4) is 6.07 Å². The van der Waals surface area contributed by atoms with Crippen molar-refractivity contribution < 1.29 is 28.0 Å². The van der Waals surface area contributed by atoms with Crippen LogP contribution in [0.2, 0.25) is 0 Å². The molecule has 0 bridgehead atoms. The molecule has 37 heavy (non-hydrogen) atoms. The largest absolute Gasteiger partial charge is 0.339 e. The number of nitriles is 1. The Morgan fingerprint density at radius 2 is 2.05 bits per heavy atom. The van der Waals surface area contributed by atoms with Gasteiger partial charge in [-0.05, 0) is 43.0 Å². The molecule has 0 unspecified atom stereocenters. The van der Waals surface area contributed by atoms with Crippen molar-refractivity contribution in [2.75, 3.05) is 18.9 Å². The number of nitrogens with one attached hydrogen (secondary N) is 2. The fourth-order valence-corrected chi connectivity index (χ4v) is 5.49. The first-order valence-electron chi connectivity index (χ1n) is 12.1. The second-order valence-corrected chi connectivity index (χ2v) is 11.2. The minimum Gasteiger partial charge on any atom is -0.339 e. The van der Waals surface area contributed by atoms with Gasteiger partial charge < -0.3 is 20.4 Å². The van der Waals surface area contributed by atoms with E-state index >= 15 is 0 Å². The topological polar surface area (TPSA) is 123 Å². The number of likely N-dealkylation sites (N-methyl/N-ethyl adjacent to an activating group) is 1. The van der Waals surface area contributed by atoms with Gasteiger partial charge in [-0.15, -0.1) is 0 Å². The summed E-state index contributed by atoms with van der Waals surface area (Å²) in [5.41, 5.74) is 0.219. The zero-order valence-electron chi connectivity index (χ0n) is 20.7. The number of hydrogen-bond acceptors (Lipinski definition) is 5. The molecule has 1 aromatic rings. The van der Waals surface area contributed by atoms with Crippen molar-refractivity contribution in [2.24, 2.45) is 5.92 Å². The molecule has 0 aromatic heterocycles. The molecule has 9 nitrogen and oxygen atoms in total. The number of anilines is 1. The number of rotatable bonds is 7. The van der Waals surface area contributed by atoms with Gasteiger partial charge in [0.2, 0.25) is 17.7 Å². The van der Waals surface area contributed by atoms with Crippen molar-refractivity contribution >= 4 is 45.2 Å². The average molecular weight is 580 g/mol. The number of benzene rings is 1. The third-order valence-electron chi connectivity index (χ3n) is 7.44. The Kier molecular flexibility index (Phi) is 7.05. The third kappa shape index (κ3) is 5.06. The van der Waals surface area contributed by atoms with Crippen molar-refractivity contribution in [1.29, 1.82) is 5.26 Å². The highest BCUT2D eigenvalue weighted by Gasteiger charge is 2.57. The second kappa shape index (κ2) is 9.67. The molecule has 2 aliphatic heterocycles. The molecule has 3 aliphatic rings. The van der Waals surface area contributed by atoms with E-state index in [0.717, 1.165) is 22.2 Å². The molecule has 198 valence electrons. The highest BCUT2D eigenvalue weighted by atomic mass is 79.9. The summed E-state index contributed by atoms with van der Waals surface area (Å²) in [5.74, 6) is -6.52. The fraction of sp³-hybridized carbons (Fsp3) is 0.560. The highest BCUT2D eigenvalue weighted by molar-refractivity contribution is 9.10. The maximum Gasteiger partial charge on any atom is 0.321 e. The molecule has 0 radical (unpaired) electrons. The molecule has 4 atom stereocenters. The number of carbonyl (C=O) groups excluding carboxylic acids is 4. The predicted molar refractivity (Wildman–Crippen MR) is 132 cm³/mol. The van der Waals surface area contributed by atoms with Crippen LogP contribution in [-0.2, 0) is 24.6 Å². The molecular weight excluding hydrogens is 552 g/mol. The van der Waals surface area contributed by atoms with E-state index in [4.69, 9.17) is 0 Å². The summed E-state index contributed by atoms with van der Waals surface area (Å²) >= 11 is 3.42. The van der Waals surface area contributed by atoms with Crippen LogP contribution in [-0.4, -0.2) is 71.1 Å². The van der Waals surface area contributed by atoms with E-state index in [1.807, 2.05) is 5.32 Å². The van der Waals surface area contributed by atoms with Gasteiger partial charge >= 0.3 is 5.92 Å². The number of likely N-dealkylation sites (tertiary alicyclic amines) is 1. The average Bonchev–Trinajstić information content (AvgIpc) is 3.52. The first-order chi connectivity index (χ1) is 17.3. The van der Waals surface area contributed by atoms with Crippen LogP contribution >= 0.6 is 15.9 Å². The van der Waals surface area contributed by atoms with Crippen LogP contribution in [0.15, 0.2) is 22.7 Å². The Hall–Kier alpha value is -3.07. The lowest BCUT2D eigenvalue weighted by Gasteiger charge is -2.34. The molecule has 4 amide bonds. The van der Waals surface area contributed by atoms with Crippen LogP contribution in [0.1, 0.15) is 45.1 Å². The van der Waals surface area contributed by atoms with Crippen LogP contribution in [0.3, 0.4) is 0 Å². The van der Waals surface area contributed by atoms with Gasteiger partial charge in [0.15, 0.2) is 0 Å². The summed E-state index contributed by atoms with van der Waals surface area (Å²) < 4.78 is 27.4. The highest BCUT2D eigenvalue weighted by Crippen LogP contribution is 2.47. The van der Waals surface area contributed by atoms with Gasteiger partial charge in [-0.3, -0.25) is 19.2 Å². The van der Waals surface area contributed by atoms with Crippen molar-refractivity contribution in [3.63, 3.8) is 0 Å². The second-order valence-electron chi connectivity index (χ2n) is 10.3. The minimum atomic E-state index is -3.66. The van der Waals surface area contributed by atoms with E-state index in [1.165, 1.54) is 18.9 Å². The van der Waals surface area contributed by atoms with E-state index in [1.54, 1.807) is 18.2 Å². The van der Waals surface area contributed by atoms with Gasteiger partial charge in [0.05, 0.1) is 11.5 Å². The zero-order chi connectivity index (χ0) is 27.3. The van der Waals surface area contributed by atoms with Crippen LogP contribution in [0.25, 0.3) is 0 Å². The fourth-order valence-electron chi connectivity index (χ4n) is 5.13. The third-order valence-corrected chi connectivity index (χ3v) is 7.93. The Bertz CT molecular complexity index is 1190. The van der Waals surface area contributed by atoms with Crippen molar-refractivity contribution in [1.82, 2.24) is 15.1 Å². The summed E-state index contributed by atoms with van der Waals surface area (Å²) in [6.07, 6.45) is 2.21. The smallest absolute Gasteiger partial charge is 0.321 e. The van der Waals surface area contributed by atoms with Gasteiger partial charge in [-0.1, -0.05) is 28.8 Å². The first-order valence-corrected chi connectivity index (χ1v) is 12.8. The maximum atomic E-state index is 13.9. The van der Waals surface area contributed by atoms with Gasteiger partial charge in [-0.25, -0.2) is 0 Å². The summed E-state index contributed by atoms with van der Waals surface area (Å²) in [6.45, 7) is 1.68. The SMILES string of the molecule is C[C@H](NC(=O)C(C)(F)F)C(=O)N(C)[C@@H](CC1CC1)C(=O)N1C[C@]2(C[C@H]1C#N)C(=O)Nc1ccc(Br)cc12. The molecule has 1 saturated heterocycles. The summed E-state index contributed by atoms with van der Waals surface area (Å²) in [6, 6.07) is 4.33. The van der Waals surface area contributed by atoms with E-state index in [0.29, 0.717) is 24.6 Å². The normalized spacial score (nSPS) is 24.2. The molecule has 2 fully saturated rings. The standard InChI is InChI=1S/C25H28BrF2N5O4/c1-13(30-22(36)24(2,27)28)20(34)32(3)19(8-14-4-5-14)21(35)33-12-25(10-16(33)11-29)17-9-15(26)6-7-18(17)31-23(25)37/h6-7,9,13-14,16,19H,4-5,8,10,12H2,1-3H3,(H,30,36)(H,31,37)/t13-,16-,19-,25-/m0/s1. The molecule has 1 aromatic carbocycles. The van der Waals surface area contributed by atoms with E-state index < -0.39 is 47.2 Å². The summed E-state index contributed by atoms with van der Waals surface area (Å²) in [4.78, 5) is 54.3. The first kappa shape index (κ1) is 27.0. The van der Waals surface area contributed by atoms with E-state index in [9.17, 15) is 33.2 Å². The molecule has 2 N–H and O–H groups in total. The number of amides is 4. The Morgan fingerprint density at radius 3 is 2.65 bits per heavy atom. The van der Waals surface area contributed by atoms with E-state index in [2.05, 4.69) is 27.3 Å². The van der Waals surface area contributed by atoms with Crippen LogP contribution in [0.5, 0.6) is 0 Å². The predicted octanol–water partition coefficient (Wildman–Crippen LogP) is 2.55. The summed E-state index contributed by atoms with van der Waals surface area (Å²) in [5, 5.41) is 14.8. The van der Waals surface area contributed by atoms with Gasteiger partial charge in [0.25, 0.3) is 5.91 Å². The van der Waals surface area contributed by atoms with Crippen LogP contribution in [0, 0.1) is 17.2 Å². The molecule has 1 aliphatic carbocycles. The Morgan fingerprint density at radius 1 is 1.38 bits per heavy atom. The molecular formula is C25H28BrF2N5O4. The number of hydrogen-bond donors (Lipinski definition) is 2. The molecule has 1 spiro atoms. The number of nitrogens with zero attached hydrogens (tertiary/aromatic N) is 3. The number of alkyl halides is 2. The lowest BCUT2D eigenvalue weighted by Crippen LogP contribution is -2.56. The lowest BCUT2D eigenvalue weighted by atomic mass is 9.80. The van der Waals surface area contributed by atoms with Crippen molar-refractivity contribution in [2.45, 2.75) is 69.0 Å². The van der Waals surface area contributed by atoms with Crippen LogP contribution in [0.4, 0.5) is 14.5 Å². The summed E-state index contributed by atoms with van der Waals surface area (Å²) in [7, 11) is 1.39. The number of carbonyl (C=O) groups is 4. The van der Waals surface area contributed by atoms with Gasteiger partial charge in [0, 0.05) is 37.1 Å². The van der Waals surface area contributed by atoms with E-state index in [-0.39, 0.29) is 24.8 Å². The van der Waals surface area contributed by atoms with Crippen molar-refractivity contribution in [3.05, 3.63) is 28.2 Å². The monoisotopic (exact) mass is 579 g/mol.